The Morgan fingerprint density at radius 1 is 1.70 bits per heavy atom. The highest BCUT2D eigenvalue weighted by atomic mass is 15.0. The van der Waals surface area contributed by atoms with E-state index in [4.69, 9.17) is 11.2 Å². The maximum Gasteiger partial charge on any atom is 0.125 e. The van der Waals surface area contributed by atoms with Gasteiger partial charge in [0.2, 0.25) is 0 Å². The van der Waals surface area contributed by atoms with Crippen molar-refractivity contribution in [2.24, 2.45) is 5.73 Å². The van der Waals surface area contributed by atoms with Crippen molar-refractivity contribution in [3.63, 3.8) is 0 Å². The minimum Gasteiger partial charge on any atom is -0.369 e. The lowest BCUT2D eigenvalue weighted by atomic mass is 10.4. The predicted molar refractivity (Wildman–Crippen MR) is 41.8 cm³/mol. The summed E-state index contributed by atoms with van der Waals surface area (Å²) in [6.07, 6.45) is 1.48. The minimum atomic E-state index is -2.47. The van der Waals surface area contributed by atoms with E-state index in [-0.39, 0.29) is 5.82 Å². The van der Waals surface area contributed by atoms with Crippen molar-refractivity contribution in [2.45, 2.75) is 0 Å². The zero-order valence-electron chi connectivity index (χ0n) is 9.33. The molecule has 0 spiro atoms. The van der Waals surface area contributed by atoms with Crippen molar-refractivity contribution in [2.75, 3.05) is 18.3 Å². The normalized spacial score (nSPS) is 18.1. The summed E-state index contributed by atoms with van der Waals surface area (Å²) in [5.74, 6) is 0.242. The van der Waals surface area contributed by atoms with Crippen LogP contribution in [0, 0.1) is 0 Å². The number of anilines is 1. The third kappa shape index (κ3) is 2.03. The Morgan fingerprint density at radius 3 is 3.20 bits per heavy atom. The van der Waals surface area contributed by atoms with Crippen LogP contribution in [0.3, 0.4) is 0 Å². The monoisotopic (exact) mass is 141 g/mol. The molecule has 0 fully saturated rings. The van der Waals surface area contributed by atoms with Crippen LogP contribution in [0.1, 0.15) is 5.48 Å². The highest BCUT2D eigenvalue weighted by molar-refractivity contribution is 5.32. The minimum absolute atomic E-state index is 0.242. The second kappa shape index (κ2) is 3.85. The van der Waals surface area contributed by atoms with Gasteiger partial charge in [-0.2, -0.15) is 0 Å². The number of hydrogen-bond donors (Lipinski definition) is 2. The lowest BCUT2D eigenvalue weighted by Crippen LogP contribution is -2.13. The molecule has 1 heterocycles. The van der Waals surface area contributed by atoms with Crippen LogP contribution in [-0.2, 0) is 0 Å². The van der Waals surface area contributed by atoms with E-state index in [9.17, 15) is 0 Å². The molecule has 0 radical (unpaired) electrons. The molecule has 0 aliphatic heterocycles. The molecule has 1 aromatic heterocycles. The summed E-state index contributed by atoms with van der Waals surface area (Å²) in [6.45, 7) is -4.83. The van der Waals surface area contributed by atoms with Gasteiger partial charge in [0.1, 0.15) is 5.82 Å². The van der Waals surface area contributed by atoms with Gasteiger partial charge in [0, 0.05) is 21.9 Å². The summed E-state index contributed by atoms with van der Waals surface area (Å²) >= 11 is 0. The summed E-state index contributed by atoms with van der Waals surface area (Å²) in [4.78, 5) is 3.80. The van der Waals surface area contributed by atoms with Gasteiger partial charge in [-0.1, -0.05) is 6.07 Å². The van der Waals surface area contributed by atoms with Crippen molar-refractivity contribution in [3.05, 3.63) is 24.4 Å². The first-order valence-electron chi connectivity index (χ1n) is 4.81. The van der Waals surface area contributed by atoms with Gasteiger partial charge in [-0.15, -0.1) is 0 Å². The quantitative estimate of drug-likeness (QED) is 0.642. The Morgan fingerprint density at radius 2 is 2.60 bits per heavy atom. The molecule has 10 heavy (non-hydrogen) atoms. The molecule has 0 aliphatic carbocycles. The van der Waals surface area contributed by atoms with E-state index < -0.39 is 13.0 Å². The van der Waals surface area contributed by atoms with Gasteiger partial charge in [0.05, 0.1) is 2.74 Å². The molecule has 54 valence electrons. The fraction of sp³-hybridized carbons (Fsp3) is 0.286. The smallest absolute Gasteiger partial charge is 0.125 e. The van der Waals surface area contributed by atoms with Crippen LogP contribution >= 0.6 is 0 Å². The molecule has 3 N–H and O–H groups in total. The zero-order chi connectivity index (χ0) is 10.8. The second-order valence-electron chi connectivity index (χ2n) is 1.61. The highest BCUT2D eigenvalue weighted by Gasteiger charge is 1.85. The molecule has 3 nitrogen and oxygen atoms in total. The summed E-state index contributed by atoms with van der Waals surface area (Å²) in [7, 11) is 0. The average Bonchev–Trinajstić information content (AvgIpc) is 2.03. The van der Waals surface area contributed by atoms with Gasteiger partial charge in [-0.25, -0.2) is 4.98 Å². The van der Waals surface area contributed by atoms with Crippen LogP contribution in [0.4, 0.5) is 5.82 Å². The summed E-state index contributed by atoms with van der Waals surface area (Å²) in [5.41, 5.74) is 5.03. The van der Waals surface area contributed by atoms with Crippen molar-refractivity contribution < 1.29 is 5.48 Å². The molecule has 1 aromatic rings. The van der Waals surface area contributed by atoms with Crippen LogP contribution in [0.2, 0.25) is 0 Å². The Bertz CT molecular complexity index is 296. The van der Waals surface area contributed by atoms with E-state index in [1.54, 1.807) is 12.1 Å². The molecular weight excluding hydrogens is 126 g/mol. The maximum absolute atomic E-state index is 7.33. The van der Waals surface area contributed by atoms with Gasteiger partial charge in [-0.05, 0) is 12.1 Å². The van der Waals surface area contributed by atoms with Gasteiger partial charge in [0.25, 0.3) is 0 Å². The van der Waals surface area contributed by atoms with E-state index in [2.05, 4.69) is 10.3 Å². The Kier molecular flexibility index (Phi) is 1.29. The molecule has 0 saturated carbocycles. The first kappa shape index (κ1) is 3.34. The highest BCUT2D eigenvalue weighted by Crippen LogP contribution is 1.97. The van der Waals surface area contributed by atoms with Crippen molar-refractivity contribution in [3.8, 4) is 0 Å². The molecule has 0 amide bonds. The topological polar surface area (TPSA) is 50.9 Å². The Labute approximate surface area is 65.9 Å². The third-order valence-electron chi connectivity index (χ3n) is 0.928. The number of hydrogen-bond acceptors (Lipinski definition) is 3. The lowest BCUT2D eigenvalue weighted by molar-refractivity contribution is 1.01. The number of rotatable bonds is 3. The lowest BCUT2D eigenvalue weighted by Gasteiger charge is -2.00. The SMILES string of the molecule is [2H]C([2H])(N)C([2H])([2H])Nc1ccccn1. The van der Waals surface area contributed by atoms with E-state index in [1.807, 2.05) is 0 Å². The number of nitrogens with one attached hydrogen (secondary N) is 1. The van der Waals surface area contributed by atoms with Crippen LogP contribution in [-0.4, -0.2) is 18.0 Å². The van der Waals surface area contributed by atoms with Crippen LogP contribution in [0.5, 0.6) is 0 Å². The Balaban J connectivity index is 2.79. The zero-order valence-corrected chi connectivity index (χ0v) is 5.33. The van der Waals surface area contributed by atoms with Crippen molar-refractivity contribution >= 4 is 5.82 Å². The maximum atomic E-state index is 7.33. The van der Waals surface area contributed by atoms with Crippen molar-refractivity contribution in [1.29, 1.82) is 0 Å². The van der Waals surface area contributed by atoms with E-state index in [0.29, 0.717) is 0 Å². The molecule has 0 aliphatic rings. The molecular formula is C7H11N3. The van der Waals surface area contributed by atoms with E-state index >= 15 is 0 Å². The van der Waals surface area contributed by atoms with E-state index in [0.717, 1.165) is 0 Å². The second-order valence-corrected chi connectivity index (χ2v) is 1.61. The van der Waals surface area contributed by atoms with Gasteiger partial charge in [-0.3, -0.25) is 0 Å². The van der Waals surface area contributed by atoms with Crippen LogP contribution in [0.15, 0.2) is 24.4 Å². The largest absolute Gasteiger partial charge is 0.369 e. The number of nitrogens with two attached hydrogens (primary N) is 1. The number of aromatic nitrogens is 1. The molecule has 0 saturated heterocycles. The fourth-order valence-corrected chi connectivity index (χ4v) is 0.537. The Hall–Kier alpha value is -1.09. The van der Waals surface area contributed by atoms with Gasteiger partial charge >= 0.3 is 0 Å². The molecule has 0 atom stereocenters. The third-order valence-corrected chi connectivity index (χ3v) is 0.928. The van der Waals surface area contributed by atoms with Crippen molar-refractivity contribution in [1.82, 2.24) is 4.98 Å². The fourth-order valence-electron chi connectivity index (χ4n) is 0.537. The summed E-state index contributed by atoms with van der Waals surface area (Å²) in [5, 5.41) is 2.28. The molecule has 0 unspecified atom stereocenters. The summed E-state index contributed by atoms with van der Waals surface area (Å²) in [6, 6.07) is 4.87. The molecule has 1 rings (SSSR count). The molecule has 3 heteroatoms. The first-order valence-corrected chi connectivity index (χ1v) is 2.81. The van der Waals surface area contributed by atoms with Gasteiger partial charge in [0.15, 0.2) is 0 Å². The number of nitrogens with zero attached hydrogens (tertiary/aromatic N) is 1. The standard InChI is InChI=1S/C7H11N3/c8-4-6-10-7-3-1-2-5-9-7/h1-3,5H,4,6,8H2,(H,9,10)/i4D2,6D2. The van der Waals surface area contributed by atoms with Crippen LogP contribution < -0.4 is 11.1 Å². The van der Waals surface area contributed by atoms with Gasteiger partial charge < -0.3 is 11.1 Å². The number of pyridine rings is 1. The van der Waals surface area contributed by atoms with Crippen LogP contribution in [0.25, 0.3) is 0 Å². The van der Waals surface area contributed by atoms with E-state index in [1.165, 1.54) is 12.3 Å². The summed E-state index contributed by atoms with van der Waals surface area (Å²) < 4.78 is 28.8. The predicted octanol–water partition coefficient (Wildman–Crippen LogP) is 0.452. The first-order chi connectivity index (χ1) is 6.33. The average molecular weight is 141 g/mol. The molecule has 0 bridgehead atoms. The molecule has 0 aromatic carbocycles.